The minimum Gasteiger partial charge on any atom is -0.334 e. The largest absolute Gasteiger partial charge is 0.334 e. The highest BCUT2D eigenvalue weighted by Gasteiger charge is 2.13. The van der Waals surface area contributed by atoms with Crippen LogP contribution in [0.25, 0.3) is 22.0 Å². The summed E-state index contributed by atoms with van der Waals surface area (Å²) in [5, 5.41) is 10.0. The Bertz CT molecular complexity index is 1010. The molecule has 2 aromatic heterocycles. The molecule has 5 heteroatoms. The van der Waals surface area contributed by atoms with Gasteiger partial charge in [-0.2, -0.15) is 5.10 Å². The smallest absolute Gasteiger partial charge is 0.122 e. The molecule has 0 aliphatic carbocycles. The molecule has 0 aliphatic heterocycles. The Morgan fingerprint density at radius 2 is 1.92 bits per heavy atom. The topological polar surface area (TPSA) is 49.7 Å². The Morgan fingerprint density at radius 3 is 2.81 bits per heavy atom. The van der Waals surface area contributed by atoms with Crippen molar-refractivity contribution >= 4 is 10.8 Å². The SMILES string of the molecule is CCn1ccnc1CN(C)Cc1cn[nH]c1-c1cccc2ccccc12. The van der Waals surface area contributed by atoms with Crippen LogP contribution in [0.4, 0.5) is 0 Å². The molecular weight excluding hydrogens is 322 g/mol. The molecule has 0 saturated heterocycles. The first-order chi connectivity index (χ1) is 12.8. The number of rotatable bonds is 6. The fourth-order valence-electron chi connectivity index (χ4n) is 3.48. The van der Waals surface area contributed by atoms with E-state index in [1.807, 2.05) is 18.6 Å². The zero-order chi connectivity index (χ0) is 17.9. The molecule has 2 aromatic carbocycles. The lowest BCUT2D eigenvalue weighted by Crippen LogP contribution is -2.20. The zero-order valence-corrected chi connectivity index (χ0v) is 15.2. The number of H-pyrrole nitrogens is 1. The predicted octanol–water partition coefficient (Wildman–Crippen LogP) is 4.08. The van der Waals surface area contributed by atoms with Crippen molar-refractivity contribution in [3.63, 3.8) is 0 Å². The standard InChI is InChI=1S/C21H23N5/c1-3-26-12-11-22-20(26)15-25(2)14-17-13-23-24-21(17)19-10-6-8-16-7-4-5-9-18(16)19/h4-13H,3,14-15H2,1-2H3,(H,23,24). The molecule has 5 nitrogen and oxygen atoms in total. The Hall–Kier alpha value is -2.92. The van der Waals surface area contributed by atoms with Gasteiger partial charge in [-0.1, -0.05) is 42.5 Å². The molecule has 0 fully saturated rings. The Balaban J connectivity index is 1.61. The molecule has 1 N–H and O–H groups in total. The number of aryl methyl sites for hydroxylation is 1. The molecule has 4 rings (SSSR count). The van der Waals surface area contributed by atoms with E-state index < -0.39 is 0 Å². The highest BCUT2D eigenvalue weighted by Crippen LogP contribution is 2.29. The molecule has 0 unspecified atom stereocenters. The highest BCUT2D eigenvalue weighted by molar-refractivity contribution is 5.96. The lowest BCUT2D eigenvalue weighted by atomic mass is 10.00. The van der Waals surface area contributed by atoms with Gasteiger partial charge in [0.05, 0.1) is 18.4 Å². The molecule has 132 valence electrons. The number of fused-ring (bicyclic) bond motifs is 1. The van der Waals surface area contributed by atoms with Crippen molar-refractivity contribution < 1.29 is 0 Å². The number of nitrogens with one attached hydrogen (secondary N) is 1. The molecule has 0 spiro atoms. The summed E-state index contributed by atoms with van der Waals surface area (Å²) < 4.78 is 2.18. The van der Waals surface area contributed by atoms with E-state index in [1.165, 1.54) is 21.9 Å². The summed E-state index contributed by atoms with van der Waals surface area (Å²) in [4.78, 5) is 6.75. The van der Waals surface area contributed by atoms with Gasteiger partial charge in [0.15, 0.2) is 0 Å². The lowest BCUT2D eigenvalue weighted by molar-refractivity contribution is 0.306. The van der Waals surface area contributed by atoms with Crippen molar-refractivity contribution in [1.29, 1.82) is 0 Å². The number of hydrogen-bond donors (Lipinski definition) is 1. The fraction of sp³-hybridized carbons (Fsp3) is 0.238. The highest BCUT2D eigenvalue weighted by atomic mass is 15.2. The van der Waals surface area contributed by atoms with Crippen LogP contribution in [0.3, 0.4) is 0 Å². The molecule has 0 radical (unpaired) electrons. The van der Waals surface area contributed by atoms with Gasteiger partial charge < -0.3 is 4.57 Å². The first-order valence-corrected chi connectivity index (χ1v) is 8.95. The number of hydrogen-bond acceptors (Lipinski definition) is 3. The van der Waals surface area contributed by atoms with E-state index in [1.54, 1.807) is 0 Å². The normalized spacial score (nSPS) is 11.5. The fourth-order valence-corrected chi connectivity index (χ4v) is 3.48. The van der Waals surface area contributed by atoms with Gasteiger partial charge in [0.1, 0.15) is 5.82 Å². The minimum atomic E-state index is 0.807. The maximum Gasteiger partial charge on any atom is 0.122 e. The molecule has 4 aromatic rings. The summed E-state index contributed by atoms with van der Waals surface area (Å²) in [5.74, 6) is 1.09. The lowest BCUT2D eigenvalue weighted by Gasteiger charge is -2.17. The van der Waals surface area contributed by atoms with Gasteiger partial charge in [-0.25, -0.2) is 4.98 Å². The van der Waals surface area contributed by atoms with E-state index in [0.29, 0.717) is 0 Å². The maximum atomic E-state index is 4.48. The number of imidazole rings is 1. The van der Waals surface area contributed by atoms with Crippen LogP contribution in [0.1, 0.15) is 18.3 Å². The zero-order valence-electron chi connectivity index (χ0n) is 15.2. The van der Waals surface area contributed by atoms with E-state index in [-0.39, 0.29) is 0 Å². The van der Waals surface area contributed by atoms with Crippen LogP contribution >= 0.6 is 0 Å². The van der Waals surface area contributed by atoms with Crippen LogP contribution in [0, 0.1) is 0 Å². The van der Waals surface area contributed by atoms with Gasteiger partial charge in [0.2, 0.25) is 0 Å². The molecular formula is C21H23N5. The van der Waals surface area contributed by atoms with Crippen molar-refractivity contribution in [3.8, 4) is 11.3 Å². The summed E-state index contributed by atoms with van der Waals surface area (Å²) in [5.41, 5.74) is 3.48. The first kappa shape index (κ1) is 16.5. The molecule has 0 bridgehead atoms. The third-order valence-electron chi connectivity index (χ3n) is 4.77. The maximum absolute atomic E-state index is 4.48. The Labute approximate surface area is 153 Å². The molecule has 0 saturated carbocycles. The minimum absolute atomic E-state index is 0.807. The third-order valence-corrected chi connectivity index (χ3v) is 4.77. The predicted molar refractivity (Wildman–Crippen MR) is 105 cm³/mol. The monoisotopic (exact) mass is 345 g/mol. The van der Waals surface area contributed by atoms with E-state index >= 15 is 0 Å². The molecule has 26 heavy (non-hydrogen) atoms. The van der Waals surface area contributed by atoms with Crippen molar-refractivity contribution in [2.75, 3.05) is 7.05 Å². The number of aromatic amines is 1. The molecule has 0 aliphatic rings. The Morgan fingerprint density at radius 1 is 1.08 bits per heavy atom. The van der Waals surface area contributed by atoms with Crippen molar-refractivity contribution in [1.82, 2.24) is 24.6 Å². The van der Waals surface area contributed by atoms with Gasteiger partial charge in [0, 0.05) is 36.6 Å². The summed E-state index contributed by atoms with van der Waals surface area (Å²) in [7, 11) is 2.12. The van der Waals surface area contributed by atoms with Crippen molar-refractivity contribution in [2.45, 2.75) is 26.6 Å². The average molecular weight is 345 g/mol. The van der Waals surface area contributed by atoms with Gasteiger partial charge in [0.25, 0.3) is 0 Å². The number of nitrogens with zero attached hydrogens (tertiary/aromatic N) is 4. The van der Waals surface area contributed by atoms with Crippen LogP contribution in [0.5, 0.6) is 0 Å². The van der Waals surface area contributed by atoms with Gasteiger partial charge in [-0.3, -0.25) is 10.00 Å². The number of benzene rings is 2. The third kappa shape index (κ3) is 3.13. The molecule has 0 atom stereocenters. The Kier molecular flexibility index (Phi) is 4.54. The van der Waals surface area contributed by atoms with E-state index in [9.17, 15) is 0 Å². The van der Waals surface area contributed by atoms with Crippen LogP contribution < -0.4 is 0 Å². The van der Waals surface area contributed by atoms with Crippen LogP contribution in [-0.4, -0.2) is 31.7 Å². The number of aromatic nitrogens is 4. The molecule has 2 heterocycles. The van der Waals surface area contributed by atoms with Gasteiger partial charge in [-0.05, 0) is 24.7 Å². The summed E-state index contributed by atoms with van der Waals surface area (Å²) >= 11 is 0. The van der Waals surface area contributed by atoms with Crippen molar-refractivity contribution in [3.05, 3.63) is 72.4 Å². The van der Waals surface area contributed by atoms with E-state index in [0.717, 1.165) is 31.2 Å². The van der Waals surface area contributed by atoms with Crippen LogP contribution in [-0.2, 0) is 19.6 Å². The quantitative estimate of drug-likeness (QED) is 0.573. The van der Waals surface area contributed by atoms with E-state index in [4.69, 9.17) is 0 Å². The van der Waals surface area contributed by atoms with Gasteiger partial charge >= 0.3 is 0 Å². The van der Waals surface area contributed by atoms with Crippen molar-refractivity contribution in [2.24, 2.45) is 0 Å². The second-order valence-electron chi connectivity index (χ2n) is 6.60. The van der Waals surface area contributed by atoms with Crippen LogP contribution in [0.2, 0.25) is 0 Å². The summed E-state index contributed by atoms with van der Waals surface area (Å²) in [6.45, 7) is 4.70. The van der Waals surface area contributed by atoms with Gasteiger partial charge in [-0.15, -0.1) is 0 Å². The first-order valence-electron chi connectivity index (χ1n) is 8.95. The second-order valence-corrected chi connectivity index (χ2v) is 6.60. The van der Waals surface area contributed by atoms with Crippen LogP contribution in [0.15, 0.2) is 61.1 Å². The second kappa shape index (κ2) is 7.14. The van der Waals surface area contributed by atoms with E-state index in [2.05, 4.69) is 81.1 Å². The summed E-state index contributed by atoms with van der Waals surface area (Å²) in [6.07, 6.45) is 5.83. The molecule has 0 amide bonds. The summed E-state index contributed by atoms with van der Waals surface area (Å²) in [6, 6.07) is 14.9. The average Bonchev–Trinajstić information content (AvgIpc) is 3.30.